The zero-order valence-electron chi connectivity index (χ0n) is 19.2. The van der Waals surface area contributed by atoms with Gasteiger partial charge in [-0.3, -0.25) is 4.79 Å². The van der Waals surface area contributed by atoms with E-state index < -0.39 is 17.2 Å². The van der Waals surface area contributed by atoms with Crippen LogP contribution in [0.1, 0.15) is 28.7 Å². The minimum absolute atomic E-state index is 0.0146. The molecule has 0 saturated heterocycles. The van der Waals surface area contributed by atoms with Crippen molar-refractivity contribution in [2.45, 2.75) is 20.0 Å². The van der Waals surface area contributed by atoms with Crippen LogP contribution in [-0.2, 0) is 17.8 Å². The Kier molecular flexibility index (Phi) is 6.28. The summed E-state index contributed by atoms with van der Waals surface area (Å²) in [5, 5.41) is -0.182. The van der Waals surface area contributed by atoms with E-state index in [1.807, 2.05) is 28.8 Å². The summed E-state index contributed by atoms with van der Waals surface area (Å²) in [6, 6.07) is 16.3. The number of ether oxygens (including phenoxy) is 1. The second-order valence-electron chi connectivity index (χ2n) is 8.20. The van der Waals surface area contributed by atoms with Crippen molar-refractivity contribution in [1.29, 1.82) is 0 Å². The third-order valence-corrected chi connectivity index (χ3v) is 6.24. The fourth-order valence-electron chi connectivity index (χ4n) is 4.24. The minimum Gasteiger partial charge on any atom is -0.462 e. The molecule has 0 amide bonds. The van der Waals surface area contributed by atoms with E-state index in [0.717, 1.165) is 11.6 Å². The average Bonchev–Trinajstić information content (AvgIpc) is 3.20. The number of aromatic nitrogens is 3. The molecule has 0 fully saturated rings. The zero-order chi connectivity index (χ0) is 25.4. The number of imidazole rings is 1. The summed E-state index contributed by atoms with van der Waals surface area (Å²) < 4.78 is 37.3. The number of fused-ring (bicyclic) bond motifs is 2. The molecule has 6 nitrogen and oxygen atoms in total. The predicted octanol–water partition coefficient (Wildman–Crippen LogP) is 5.56. The summed E-state index contributed by atoms with van der Waals surface area (Å²) >= 11 is 6.04. The van der Waals surface area contributed by atoms with Gasteiger partial charge in [-0.05, 0) is 37.3 Å². The molecular formula is C27H20ClF2N3O3. The molecule has 0 aliphatic carbocycles. The fourth-order valence-corrected chi connectivity index (χ4v) is 4.40. The molecule has 2 heterocycles. The number of esters is 1. The van der Waals surface area contributed by atoms with Gasteiger partial charge in [0, 0.05) is 17.1 Å². The van der Waals surface area contributed by atoms with Crippen LogP contribution in [0.3, 0.4) is 0 Å². The quantitative estimate of drug-likeness (QED) is 0.282. The Labute approximate surface area is 209 Å². The highest BCUT2D eigenvalue weighted by atomic mass is 35.5. The number of benzene rings is 3. The molecule has 5 aromatic rings. The second-order valence-corrected chi connectivity index (χ2v) is 8.61. The molecule has 0 radical (unpaired) electrons. The van der Waals surface area contributed by atoms with Crippen LogP contribution in [0.4, 0.5) is 8.78 Å². The van der Waals surface area contributed by atoms with Crippen molar-refractivity contribution in [3.05, 3.63) is 111 Å². The molecule has 0 N–H and O–H groups in total. The first-order valence-corrected chi connectivity index (χ1v) is 11.6. The molecule has 0 saturated carbocycles. The molecule has 182 valence electrons. The van der Waals surface area contributed by atoms with Gasteiger partial charge in [0.25, 0.3) is 0 Å². The van der Waals surface area contributed by atoms with Gasteiger partial charge < -0.3 is 13.9 Å². The Bertz CT molecular complexity index is 1690. The fraction of sp³-hybridized carbons (Fsp3) is 0.148. The maximum absolute atomic E-state index is 14.5. The van der Waals surface area contributed by atoms with E-state index >= 15 is 0 Å². The Morgan fingerprint density at radius 3 is 2.53 bits per heavy atom. The van der Waals surface area contributed by atoms with Gasteiger partial charge in [-0.25, -0.2) is 18.6 Å². The smallest absolute Gasteiger partial charge is 0.343 e. The third-order valence-electron chi connectivity index (χ3n) is 5.95. The number of pyridine rings is 1. The zero-order valence-corrected chi connectivity index (χ0v) is 19.9. The van der Waals surface area contributed by atoms with Gasteiger partial charge in [0.1, 0.15) is 23.0 Å². The van der Waals surface area contributed by atoms with Crippen LogP contribution in [0.25, 0.3) is 21.9 Å². The van der Waals surface area contributed by atoms with Gasteiger partial charge in [-0.15, -0.1) is 0 Å². The van der Waals surface area contributed by atoms with E-state index in [-0.39, 0.29) is 41.5 Å². The molecule has 0 bridgehead atoms. The van der Waals surface area contributed by atoms with E-state index in [2.05, 4.69) is 0 Å². The largest absolute Gasteiger partial charge is 0.462 e. The molecule has 0 aliphatic rings. The highest BCUT2D eigenvalue weighted by Gasteiger charge is 2.20. The van der Waals surface area contributed by atoms with E-state index in [0.29, 0.717) is 22.4 Å². The highest BCUT2D eigenvalue weighted by molar-refractivity contribution is 6.31. The normalized spacial score (nSPS) is 11.3. The summed E-state index contributed by atoms with van der Waals surface area (Å²) in [7, 11) is 0. The number of rotatable bonds is 6. The van der Waals surface area contributed by atoms with E-state index in [1.165, 1.54) is 18.3 Å². The standard InChI is InChI=1S/C27H20ClF2N3O3/c1-2-36-27(35)18-14-32(24-12-19(28)21(30)11-17(24)26(18)34)15-25-31-22-9-5-6-10-23(22)33(25)13-16-7-3-4-8-20(16)29/h3-12,14H,2,13,15H2,1H3. The number of carbonyl (C=O) groups excluding carboxylic acids is 1. The van der Waals surface area contributed by atoms with Gasteiger partial charge in [0.05, 0.1) is 41.3 Å². The van der Waals surface area contributed by atoms with Gasteiger partial charge in [0.2, 0.25) is 5.43 Å². The number of hydrogen-bond acceptors (Lipinski definition) is 4. The first-order valence-electron chi connectivity index (χ1n) is 11.2. The number of para-hydroxylation sites is 2. The van der Waals surface area contributed by atoms with Crippen LogP contribution in [0.15, 0.2) is 71.7 Å². The Morgan fingerprint density at radius 2 is 1.75 bits per heavy atom. The molecule has 36 heavy (non-hydrogen) atoms. The Hall–Kier alpha value is -4.04. The molecule has 9 heteroatoms. The molecule has 5 rings (SSSR count). The molecule has 2 aromatic heterocycles. The van der Waals surface area contributed by atoms with E-state index in [4.69, 9.17) is 21.3 Å². The minimum atomic E-state index is -0.812. The lowest BCUT2D eigenvalue weighted by molar-refractivity contribution is 0.0524. The van der Waals surface area contributed by atoms with Crippen LogP contribution in [0.5, 0.6) is 0 Å². The first-order chi connectivity index (χ1) is 17.4. The van der Waals surface area contributed by atoms with Crippen LogP contribution < -0.4 is 5.43 Å². The maximum atomic E-state index is 14.5. The SMILES string of the molecule is CCOC(=O)c1cn(Cc2nc3ccccc3n2Cc2ccccc2F)c2cc(Cl)c(F)cc2c1=O. The number of halogens is 3. The Balaban J connectivity index is 1.71. The van der Waals surface area contributed by atoms with Crippen LogP contribution in [-0.4, -0.2) is 26.7 Å². The number of hydrogen-bond donors (Lipinski definition) is 0. The van der Waals surface area contributed by atoms with Gasteiger partial charge >= 0.3 is 5.97 Å². The summed E-state index contributed by atoms with van der Waals surface area (Å²) in [4.78, 5) is 30.3. The molecule has 0 atom stereocenters. The van der Waals surface area contributed by atoms with Crippen LogP contribution in [0.2, 0.25) is 5.02 Å². The van der Waals surface area contributed by atoms with Crippen molar-refractivity contribution < 1.29 is 18.3 Å². The molecule has 3 aromatic carbocycles. The van der Waals surface area contributed by atoms with Gasteiger partial charge in [0.15, 0.2) is 0 Å². The summed E-state index contributed by atoms with van der Waals surface area (Å²) in [5.41, 5.74) is 1.39. The molecule has 0 unspecified atom stereocenters. The van der Waals surface area contributed by atoms with Gasteiger partial charge in [-0.1, -0.05) is 41.9 Å². The van der Waals surface area contributed by atoms with Crippen molar-refractivity contribution in [3.63, 3.8) is 0 Å². The second kappa shape index (κ2) is 9.54. The van der Waals surface area contributed by atoms with Crippen LogP contribution in [0, 0.1) is 11.6 Å². The first kappa shape index (κ1) is 23.7. The van der Waals surface area contributed by atoms with Crippen LogP contribution >= 0.6 is 11.6 Å². The van der Waals surface area contributed by atoms with Crippen molar-refractivity contribution in [2.24, 2.45) is 0 Å². The van der Waals surface area contributed by atoms with Crippen molar-refractivity contribution in [2.75, 3.05) is 6.61 Å². The lowest BCUT2D eigenvalue weighted by Crippen LogP contribution is -2.22. The third kappa shape index (κ3) is 4.24. The monoisotopic (exact) mass is 507 g/mol. The lowest BCUT2D eigenvalue weighted by Gasteiger charge is -2.15. The maximum Gasteiger partial charge on any atom is 0.343 e. The lowest BCUT2D eigenvalue weighted by atomic mass is 10.1. The molecular weight excluding hydrogens is 488 g/mol. The number of nitrogens with zero attached hydrogens (tertiary/aromatic N) is 3. The highest BCUT2D eigenvalue weighted by Crippen LogP contribution is 2.25. The van der Waals surface area contributed by atoms with E-state index in [9.17, 15) is 18.4 Å². The van der Waals surface area contributed by atoms with Crippen molar-refractivity contribution in [1.82, 2.24) is 14.1 Å². The average molecular weight is 508 g/mol. The van der Waals surface area contributed by atoms with E-state index in [1.54, 1.807) is 29.7 Å². The molecule has 0 spiro atoms. The van der Waals surface area contributed by atoms with Crippen molar-refractivity contribution in [3.8, 4) is 0 Å². The number of carbonyl (C=O) groups is 1. The summed E-state index contributed by atoms with van der Waals surface area (Å²) in [6.07, 6.45) is 1.36. The topological polar surface area (TPSA) is 66.1 Å². The van der Waals surface area contributed by atoms with Gasteiger partial charge in [-0.2, -0.15) is 0 Å². The van der Waals surface area contributed by atoms with Crippen molar-refractivity contribution >= 4 is 39.5 Å². The Morgan fingerprint density at radius 1 is 1.00 bits per heavy atom. The summed E-state index contributed by atoms with van der Waals surface area (Å²) in [5.74, 6) is -1.39. The predicted molar refractivity (Wildman–Crippen MR) is 133 cm³/mol. The molecule has 0 aliphatic heterocycles. The summed E-state index contributed by atoms with van der Waals surface area (Å²) in [6.45, 7) is 2.00.